The fourth-order valence-corrected chi connectivity index (χ4v) is 10.2. The van der Waals surface area contributed by atoms with E-state index in [4.69, 9.17) is 0 Å². The maximum atomic E-state index is 2.58. The molecule has 0 aromatic heterocycles. The van der Waals surface area contributed by atoms with Crippen molar-refractivity contribution in [2.24, 2.45) is 23.7 Å². The van der Waals surface area contributed by atoms with Gasteiger partial charge in [0.15, 0.2) is 0 Å². The lowest BCUT2D eigenvalue weighted by Crippen LogP contribution is -2.46. The van der Waals surface area contributed by atoms with Gasteiger partial charge in [-0.15, -0.1) is 0 Å². The van der Waals surface area contributed by atoms with Crippen LogP contribution in [0.4, 0.5) is 0 Å². The van der Waals surface area contributed by atoms with Crippen molar-refractivity contribution in [3.8, 4) is 0 Å². The molecule has 234 valence electrons. The first-order valence-corrected chi connectivity index (χ1v) is 18.4. The third kappa shape index (κ3) is 4.42. The topological polar surface area (TPSA) is 0 Å². The molecule has 0 heteroatoms. The third-order valence-electron chi connectivity index (χ3n) is 12.2. The van der Waals surface area contributed by atoms with Crippen LogP contribution in [0.2, 0.25) is 0 Å². The van der Waals surface area contributed by atoms with Crippen LogP contribution >= 0.6 is 0 Å². The van der Waals surface area contributed by atoms with Crippen LogP contribution in [0.3, 0.4) is 0 Å². The molecular formula is C48H42. The number of hydrogen-bond acceptors (Lipinski definition) is 0. The Bertz CT molecular complexity index is 2180. The molecule has 8 aliphatic rings. The second-order valence-electron chi connectivity index (χ2n) is 14.7. The molecule has 48 heavy (non-hydrogen) atoms. The highest BCUT2D eigenvalue weighted by atomic mass is 14.4. The Morgan fingerprint density at radius 3 is 1.17 bits per heavy atom. The standard InChI is InChI=1S/C48H42/c1-3-15-33-29-35(27-25-31(33)13-1)45-37-17-5-9-21-41(37)47(42-22-10-6-18-38(42)45)48-43-23-11-7-19-39(43)46(40-20-8-12-24-44(40)48)36-28-26-32-14-2-4-16-34(32)30-36/h1-2,5-14,17-24,29-30,37,39,41,43H,3-4,15-16,25-28H2. The molecular weight excluding hydrogens is 577 g/mol. The summed E-state index contributed by atoms with van der Waals surface area (Å²) in [7, 11) is 0. The van der Waals surface area contributed by atoms with Gasteiger partial charge in [-0.25, -0.2) is 0 Å². The maximum absolute atomic E-state index is 2.58. The predicted octanol–water partition coefficient (Wildman–Crippen LogP) is 8.47. The van der Waals surface area contributed by atoms with E-state index in [9.17, 15) is 0 Å². The van der Waals surface area contributed by atoms with Crippen molar-refractivity contribution in [1.29, 1.82) is 0 Å². The van der Waals surface area contributed by atoms with Gasteiger partial charge >= 0.3 is 0 Å². The molecule has 0 amide bonds. The van der Waals surface area contributed by atoms with E-state index in [0.717, 1.165) is 38.5 Å². The molecule has 8 aliphatic carbocycles. The van der Waals surface area contributed by atoms with Crippen molar-refractivity contribution in [1.82, 2.24) is 0 Å². The van der Waals surface area contributed by atoms with Crippen molar-refractivity contribution >= 4 is 22.3 Å². The van der Waals surface area contributed by atoms with E-state index >= 15 is 0 Å². The molecule has 0 saturated carbocycles. The fraction of sp³-hybridized carbons (Fsp3) is 0.250. The molecule has 0 spiro atoms. The molecule has 0 aliphatic heterocycles. The van der Waals surface area contributed by atoms with E-state index in [1.807, 2.05) is 0 Å². The lowest BCUT2D eigenvalue weighted by molar-refractivity contribution is 0.647. The van der Waals surface area contributed by atoms with Gasteiger partial charge in [-0.05, 0) is 128 Å². The van der Waals surface area contributed by atoms with Gasteiger partial charge in [0.25, 0.3) is 0 Å². The molecule has 4 atom stereocenters. The molecule has 0 saturated heterocycles. The molecule has 0 N–H and O–H groups in total. The van der Waals surface area contributed by atoms with Crippen LogP contribution in [0, 0.1) is 23.7 Å². The number of allylic oxidation sites excluding steroid dienone is 20. The molecule has 4 unspecified atom stereocenters. The van der Waals surface area contributed by atoms with Crippen LogP contribution in [0.25, 0.3) is 22.3 Å². The Morgan fingerprint density at radius 1 is 0.375 bits per heavy atom. The summed E-state index contributed by atoms with van der Waals surface area (Å²) in [5.74, 6) is 1.29. The van der Waals surface area contributed by atoms with Gasteiger partial charge in [-0.2, -0.15) is 0 Å². The number of rotatable bonds is 3. The Hall–Kier alpha value is -4.68. The van der Waals surface area contributed by atoms with E-state index < -0.39 is 0 Å². The van der Waals surface area contributed by atoms with E-state index in [-0.39, 0.29) is 0 Å². The Balaban J connectivity index is 1.29. The zero-order chi connectivity index (χ0) is 31.6. The summed E-state index contributed by atoms with van der Waals surface area (Å²) in [6.45, 7) is 0. The van der Waals surface area contributed by atoms with Crippen LogP contribution in [-0.2, 0) is 0 Å². The smallest absolute Gasteiger partial charge is 0.0134 e. The van der Waals surface area contributed by atoms with E-state index in [0.29, 0.717) is 23.7 Å². The Labute approximate surface area is 284 Å². The zero-order valence-corrected chi connectivity index (χ0v) is 27.7. The molecule has 0 bridgehead atoms. The lowest BCUT2D eigenvalue weighted by atomic mass is 9.62. The molecule has 0 radical (unpaired) electrons. The minimum absolute atomic E-state index is 0.308. The van der Waals surface area contributed by atoms with Crippen LogP contribution in [0.15, 0.2) is 167 Å². The summed E-state index contributed by atoms with van der Waals surface area (Å²) in [4.78, 5) is 0. The Kier molecular flexibility index (Phi) is 6.78. The summed E-state index contributed by atoms with van der Waals surface area (Å²) in [5.41, 5.74) is 15.6. The maximum Gasteiger partial charge on any atom is 0.0134 e. The van der Waals surface area contributed by atoms with Crippen molar-refractivity contribution in [3.63, 3.8) is 0 Å². The minimum Gasteiger partial charge on any atom is -0.0839 e. The van der Waals surface area contributed by atoms with Crippen molar-refractivity contribution < 1.29 is 0 Å². The van der Waals surface area contributed by atoms with Crippen LogP contribution in [-0.4, -0.2) is 0 Å². The summed E-state index contributed by atoms with van der Waals surface area (Å²) in [6, 6.07) is 18.8. The molecule has 0 heterocycles. The predicted molar refractivity (Wildman–Crippen MR) is 201 cm³/mol. The van der Waals surface area contributed by atoms with Crippen molar-refractivity contribution in [3.05, 3.63) is 188 Å². The SMILES string of the molecule is C1=CC2C(C3=CC4=C(C=CCC4)CC3)=c3ccccc3=C(C3=c4ccccc4=C(C4=CC5=C(C=CCC5)CC4)C4C=CC=CC34)C2C=C1. The highest BCUT2D eigenvalue weighted by Gasteiger charge is 2.40. The van der Waals surface area contributed by atoms with Gasteiger partial charge in [0, 0.05) is 23.7 Å². The first kappa shape index (κ1) is 28.3. The largest absolute Gasteiger partial charge is 0.0839 e. The van der Waals surface area contributed by atoms with E-state index in [2.05, 4.69) is 134 Å². The third-order valence-corrected chi connectivity index (χ3v) is 12.2. The van der Waals surface area contributed by atoms with Gasteiger partial charge < -0.3 is 0 Å². The summed E-state index contributed by atoms with van der Waals surface area (Å²) < 4.78 is 0. The molecule has 2 aromatic carbocycles. The van der Waals surface area contributed by atoms with Crippen LogP contribution in [0.5, 0.6) is 0 Å². The highest BCUT2D eigenvalue weighted by Crippen LogP contribution is 2.49. The first-order valence-electron chi connectivity index (χ1n) is 18.4. The van der Waals surface area contributed by atoms with Gasteiger partial charge in [0.2, 0.25) is 0 Å². The van der Waals surface area contributed by atoms with Crippen molar-refractivity contribution in [2.75, 3.05) is 0 Å². The number of benzene rings is 2. The van der Waals surface area contributed by atoms with Crippen molar-refractivity contribution in [2.45, 2.75) is 51.4 Å². The molecule has 2 aromatic rings. The number of fused-ring (bicyclic) bond motifs is 4. The lowest BCUT2D eigenvalue weighted by Gasteiger charge is -2.41. The average molecular weight is 619 g/mol. The van der Waals surface area contributed by atoms with Gasteiger partial charge in [0.1, 0.15) is 0 Å². The van der Waals surface area contributed by atoms with Gasteiger partial charge in [-0.1, -0.05) is 134 Å². The monoisotopic (exact) mass is 618 g/mol. The first-order chi connectivity index (χ1) is 23.8. The second kappa shape index (κ2) is 11.5. The highest BCUT2D eigenvalue weighted by molar-refractivity contribution is 5.98. The average Bonchev–Trinajstić information content (AvgIpc) is 3.16. The van der Waals surface area contributed by atoms with Gasteiger partial charge in [0.05, 0.1) is 0 Å². The van der Waals surface area contributed by atoms with Crippen LogP contribution in [0.1, 0.15) is 51.4 Å². The summed E-state index contributed by atoms with van der Waals surface area (Å²) in [6.07, 6.45) is 43.2. The van der Waals surface area contributed by atoms with E-state index in [1.165, 1.54) is 33.7 Å². The van der Waals surface area contributed by atoms with E-state index in [1.54, 1.807) is 55.7 Å². The molecule has 0 fully saturated rings. The van der Waals surface area contributed by atoms with Gasteiger partial charge in [-0.3, -0.25) is 0 Å². The molecule has 0 nitrogen and oxygen atoms in total. The zero-order valence-electron chi connectivity index (χ0n) is 27.7. The van der Waals surface area contributed by atoms with Crippen LogP contribution < -0.4 is 20.9 Å². The Morgan fingerprint density at radius 2 is 0.750 bits per heavy atom. The molecule has 10 rings (SSSR count). The second-order valence-corrected chi connectivity index (χ2v) is 14.7. The normalized spacial score (nSPS) is 28.0. The quantitative estimate of drug-likeness (QED) is 0.324. The summed E-state index contributed by atoms with van der Waals surface area (Å²) in [5, 5.41) is 5.77. The number of hydrogen-bond donors (Lipinski definition) is 0. The fourth-order valence-electron chi connectivity index (χ4n) is 10.2. The summed E-state index contributed by atoms with van der Waals surface area (Å²) >= 11 is 0. The minimum atomic E-state index is 0.308.